The molecule has 2 amide bonds. The highest BCUT2D eigenvalue weighted by Crippen LogP contribution is 2.26. The number of rotatable bonds is 5. The van der Waals surface area contributed by atoms with Gasteiger partial charge in [0.15, 0.2) is 5.82 Å². The molecule has 3 heterocycles. The summed E-state index contributed by atoms with van der Waals surface area (Å²) in [5, 5.41) is 8.98. The van der Waals surface area contributed by atoms with Crippen molar-refractivity contribution in [1.82, 2.24) is 20.4 Å². The Bertz CT molecular complexity index is 826. The van der Waals surface area contributed by atoms with Crippen molar-refractivity contribution in [2.45, 2.75) is 18.9 Å². The Balaban J connectivity index is 1.27. The molecule has 1 aromatic carbocycles. The minimum atomic E-state index is -0.0475. The highest BCUT2D eigenvalue weighted by molar-refractivity contribution is 7.09. The van der Waals surface area contributed by atoms with E-state index in [0.29, 0.717) is 37.8 Å². The second-order valence-electron chi connectivity index (χ2n) is 6.05. The Morgan fingerprint density at radius 1 is 1.24 bits per heavy atom. The second kappa shape index (κ2) is 7.06. The average molecular weight is 354 g/mol. The van der Waals surface area contributed by atoms with Crippen LogP contribution in [0.2, 0.25) is 0 Å². The van der Waals surface area contributed by atoms with Crippen LogP contribution in [0.15, 0.2) is 52.4 Å². The summed E-state index contributed by atoms with van der Waals surface area (Å²) < 4.78 is 5.37. The summed E-state index contributed by atoms with van der Waals surface area (Å²) in [7, 11) is 0. The number of amides is 2. The molecule has 2 aromatic heterocycles. The lowest BCUT2D eigenvalue weighted by atomic mass is 10.0. The van der Waals surface area contributed by atoms with Crippen molar-refractivity contribution in [2.75, 3.05) is 13.1 Å². The van der Waals surface area contributed by atoms with Gasteiger partial charge >= 0.3 is 6.03 Å². The van der Waals surface area contributed by atoms with Crippen molar-refractivity contribution in [3.05, 3.63) is 70.0 Å². The molecule has 0 spiro atoms. The lowest BCUT2D eigenvalue weighted by Gasteiger charge is -2.36. The van der Waals surface area contributed by atoms with E-state index in [2.05, 4.69) is 15.5 Å². The maximum atomic E-state index is 12.1. The molecule has 128 valence electrons. The molecule has 0 aliphatic carbocycles. The van der Waals surface area contributed by atoms with Crippen molar-refractivity contribution < 1.29 is 9.32 Å². The van der Waals surface area contributed by atoms with Crippen LogP contribution in [0.4, 0.5) is 4.79 Å². The molecule has 3 aromatic rings. The van der Waals surface area contributed by atoms with Gasteiger partial charge in [-0.3, -0.25) is 0 Å². The topological polar surface area (TPSA) is 71.3 Å². The van der Waals surface area contributed by atoms with Gasteiger partial charge in [-0.25, -0.2) is 4.79 Å². The van der Waals surface area contributed by atoms with Gasteiger partial charge in [0.25, 0.3) is 0 Å². The first kappa shape index (κ1) is 15.8. The number of likely N-dealkylation sites (tertiary alicyclic amines) is 1. The maximum absolute atomic E-state index is 12.1. The Kier molecular flexibility index (Phi) is 4.47. The summed E-state index contributed by atoms with van der Waals surface area (Å²) in [6, 6.07) is 14.0. The smallest absolute Gasteiger partial charge is 0.317 e. The quantitative estimate of drug-likeness (QED) is 0.764. The van der Waals surface area contributed by atoms with E-state index in [0.717, 1.165) is 10.4 Å². The van der Waals surface area contributed by atoms with Crippen LogP contribution in [-0.4, -0.2) is 34.2 Å². The predicted octanol–water partition coefficient (Wildman–Crippen LogP) is 3.03. The van der Waals surface area contributed by atoms with Crippen LogP contribution >= 0.6 is 11.3 Å². The number of hydrogen-bond acceptors (Lipinski definition) is 5. The van der Waals surface area contributed by atoms with Gasteiger partial charge < -0.3 is 14.7 Å². The van der Waals surface area contributed by atoms with Crippen LogP contribution in [-0.2, 0) is 13.0 Å². The van der Waals surface area contributed by atoms with Crippen molar-refractivity contribution in [1.29, 1.82) is 0 Å². The Labute approximate surface area is 149 Å². The van der Waals surface area contributed by atoms with Crippen LogP contribution < -0.4 is 5.32 Å². The molecule has 0 radical (unpaired) electrons. The highest BCUT2D eigenvalue weighted by Gasteiger charge is 2.35. The van der Waals surface area contributed by atoms with Crippen LogP contribution in [0, 0.1) is 0 Å². The molecule has 0 bridgehead atoms. The standard InChI is InChI=1S/C18H18N4O2S/c23-18(19-10-15-7-4-8-25-15)22-11-14(12-22)17-20-16(21-24-17)9-13-5-2-1-3-6-13/h1-8,14H,9-12H2,(H,19,23). The molecule has 7 heteroatoms. The number of aromatic nitrogens is 2. The summed E-state index contributed by atoms with van der Waals surface area (Å²) >= 11 is 1.64. The summed E-state index contributed by atoms with van der Waals surface area (Å²) in [5.41, 5.74) is 1.15. The molecule has 1 N–H and O–H groups in total. The molecular weight excluding hydrogens is 336 g/mol. The third-order valence-corrected chi connectivity index (χ3v) is 5.08. The molecule has 6 nitrogen and oxygen atoms in total. The van der Waals surface area contributed by atoms with Gasteiger partial charge in [-0.15, -0.1) is 11.3 Å². The molecule has 1 saturated heterocycles. The van der Waals surface area contributed by atoms with Crippen molar-refractivity contribution in [3.63, 3.8) is 0 Å². The molecule has 0 unspecified atom stereocenters. The number of nitrogens with one attached hydrogen (secondary N) is 1. The SMILES string of the molecule is O=C(NCc1cccs1)N1CC(c2nc(Cc3ccccc3)no2)C1. The fourth-order valence-corrected chi connectivity index (χ4v) is 3.42. The molecule has 4 rings (SSSR count). The van der Waals surface area contributed by atoms with E-state index in [9.17, 15) is 4.79 Å². The number of urea groups is 1. The van der Waals surface area contributed by atoms with Crippen LogP contribution in [0.5, 0.6) is 0 Å². The van der Waals surface area contributed by atoms with E-state index in [4.69, 9.17) is 4.52 Å². The highest BCUT2D eigenvalue weighted by atomic mass is 32.1. The van der Waals surface area contributed by atoms with E-state index in [1.165, 1.54) is 0 Å². The van der Waals surface area contributed by atoms with Crippen molar-refractivity contribution in [2.24, 2.45) is 0 Å². The Morgan fingerprint density at radius 3 is 2.84 bits per heavy atom. The van der Waals surface area contributed by atoms with Gasteiger partial charge in [0, 0.05) is 24.4 Å². The molecular formula is C18H18N4O2S. The monoisotopic (exact) mass is 354 g/mol. The second-order valence-corrected chi connectivity index (χ2v) is 7.08. The van der Waals surface area contributed by atoms with Gasteiger partial charge in [0.05, 0.1) is 12.5 Å². The lowest BCUT2D eigenvalue weighted by molar-refractivity contribution is 0.136. The minimum absolute atomic E-state index is 0.0475. The van der Waals surface area contributed by atoms with Gasteiger partial charge in [0.2, 0.25) is 5.89 Å². The first-order valence-electron chi connectivity index (χ1n) is 8.19. The lowest BCUT2D eigenvalue weighted by Crippen LogP contribution is -2.52. The van der Waals surface area contributed by atoms with Gasteiger partial charge in [-0.2, -0.15) is 4.98 Å². The van der Waals surface area contributed by atoms with E-state index >= 15 is 0 Å². The van der Waals surface area contributed by atoms with Crippen LogP contribution in [0.3, 0.4) is 0 Å². The molecule has 0 saturated carbocycles. The minimum Gasteiger partial charge on any atom is -0.339 e. The first-order chi connectivity index (χ1) is 12.3. The average Bonchev–Trinajstić information content (AvgIpc) is 3.25. The first-order valence-corrected chi connectivity index (χ1v) is 9.07. The third-order valence-electron chi connectivity index (χ3n) is 4.20. The van der Waals surface area contributed by atoms with E-state index in [1.807, 2.05) is 47.8 Å². The maximum Gasteiger partial charge on any atom is 0.317 e. The van der Waals surface area contributed by atoms with Crippen molar-refractivity contribution >= 4 is 17.4 Å². The van der Waals surface area contributed by atoms with Gasteiger partial charge in [0.1, 0.15) is 0 Å². The van der Waals surface area contributed by atoms with Gasteiger partial charge in [-0.1, -0.05) is 41.6 Å². The number of hydrogen-bond donors (Lipinski definition) is 1. The van der Waals surface area contributed by atoms with E-state index < -0.39 is 0 Å². The Morgan fingerprint density at radius 2 is 2.08 bits per heavy atom. The normalized spacial score (nSPS) is 14.3. The van der Waals surface area contributed by atoms with Crippen LogP contribution in [0.25, 0.3) is 0 Å². The van der Waals surface area contributed by atoms with E-state index in [1.54, 1.807) is 16.2 Å². The molecule has 1 fully saturated rings. The number of carbonyl (C=O) groups is 1. The zero-order valence-electron chi connectivity index (χ0n) is 13.6. The van der Waals surface area contributed by atoms with E-state index in [-0.39, 0.29) is 11.9 Å². The fraction of sp³-hybridized carbons (Fsp3) is 0.278. The van der Waals surface area contributed by atoms with Crippen molar-refractivity contribution in [3.8, 4) is 0 Å². The largest absolute Gasteiger partial charge is 0.339 e. The number of nitrogens with zero attached hydrogens (tertiary/aromatic N) is 3. The molecule has 25 heavy (non-hydrogen) atoms. The molecule has 0 atom stereocenters. The molecule has 1 aliphatic heterocycles. The number of benzene rings is 1. The van der Waals surface area contributed by atoms with Crippen LogP contribution in [0.1, 0.15) is 28.1 Å². The summed E-state index contributed by atoms with van der Waals surface area (Å²) in [5.74, 6) is 1.43. The molecule has 1 aliphatic rings. The predicted molar refractivity (Wildman–Crippen MR) is 94.4 cm³/mol. The number of carbonyl (C=O) groups excluding carboxylic acids is 1. The summed E-state index contributed by atoms with van der Waals surface area (Å²) in [6.45, 7) is 1.80. The third kappa shape index (κ3) is 3.71. The fourth-order valence-electron chi connectivity index (χ4n) is 2.77. The van der Waals surface area contributed by atoms with Gasteiger partial charge in [-0.05, 0) is 17.0 Å². The summed E-state index contributed by atoms with van der Waals surface area (Å²) in [6.07, 6.45) is 0.655. The zero-order valence-corrected chi connectivity index (χ0v) is 14.4. The number of thiophene rings is 1. The Hall–Kier alpha value is -2.67. The summed E-state index contributed by atoms with van der Waals surface area (Å²) in [4.78, 5) is 19.5. The zero-order chi connectivity index (χ0) is 17.1.